The van der Waals surface area contributed by atoms with E-state index in [2.05, 4.69) is 17.0 Å². The second kappa shape index (κ2) is 6.78. The summed E-state index contributed by atoms with van der Waals surface area (Å²) in [6.07, 6.45) is 0. The molecule has 2 heterocycles. The van der Waals surface area contributed by atoms with Crippen LogP contribution in [-0.4, -0.2) is 36.1 Å². The molecule has 0 amide bonds. The first-order valence-corrected chi connectivity index (χ1v) is 9.19. The Hall–Kier alpha value is -2.51. The number of para-hydroxylation sites is 3. The quantitative estimate of drug-likeness (QED) is 0.575. The summed E-state index contributed by atoms with van der Waals surface area (Å²) in [5.41, 5.74) is 1.99. The molecule has 0 saturated carbocycles. The normalized spacial score (nSPS) is 15.6. The lowest BCUT2D eigenvalue weighted by Crippen LogP contribution is -3.13. The van der Waals surface area contributed by atoms with E-state index in [1.54, 1.807) is 23.5 Å². The van der Waals surface area contributed by atoms with E-state index in [0.29, 0.717) is 0 Å². The van der Waals surface area contributed by atoms with Gasteiger partial charge in [0, 0.05) is 6.07 Å². The van der Waals surface area contributed by atoms with E-state index in [4.69, 9.17) is 4.98 Å². The van der Waals surface area contributed by atoms with Crippen LogP contribution in [0.1, 0.15) is 5.01 Å². The molecule has 0 unspecified atom stereocenters. The van der Waals surface area contributed by atoms with Crippen LogP contribution in [0.15, 0.2) is 48.5 Å². The third-order valence-corrected chi connectivity index (χ3v) is 5.67. The molecule has 0 aliphatic carbocycles. The summed E-state index contributed by atoms with van der Waals surface area (Å²) in [6, 6.07) is 15.2. The largest absolute Gasteiger partial charge is 0.355 e. The first-order valence-electron chi connectivity index (χ1n) is 8.37. The van der Waals surface area contributed by atoms with Crippen molar-refractivity contribution in [1.82, 2.24) is 4.98 Å². The standard InChI is InChI=1S/C18H18N4O2S/c23-22(24)16-7-3-2-6-15(16)21-11-9-20(10-12-21)13-18-19-14-5-1-4-8-17(14)25-18/h1-8H,9-13H2/p+1. The minimum Gasteiger partial charge on any atom is -0.355 e. The molecule has 0 atom stereocenters. The second-order valence-corrected chi connectivity index (χ2v) is 7.35. The molecule has 0 spiro atoms. The summed E-state index contributed by atoms with van der Waals surface area (Å²) in [4.78, 5) is 19.2. The Morgan fingerprint density at radius 2 is 1.84 bits per heavy atom. The molecule has 1 fully saturated rings. The molecular formula is C18H19N4O2S+. The van der Waals surface area contributed by atoms with E-state index in [9.17, 15) is 10.1 Å². The Morgan fingerprint density at radius 3 is 2.60 bits per heavy atom. The van der Waals surface area contributed by atoms with Gasteiger partial charge in [0.05, 0.1) is 41.3 Å². The van der Waals surface area contributed by atoms with Crippen LogP contribution in [0.2, 0.25) is 0 Å². The van der Waals surface area contributed by atoms with Crippen LogP contribution in [0.5, 0.6) is 0 Å². The van der Waals surface area contributed by atoms with Gasteiger partial charge in [-0.25, -0.2) is 4.98 Å². The van der Waals surface area contributed by atoms with E-state index in [1.807, 2.05) is 24.3 Å². The van der Waals surface area contributed by atoms with Crippen LogP contribution in [0.3, 0.4) is 0 Å². The van der Waals surface area contributed by atoms with Gasteiger partial charge in [0.2, 0.25) is 0 Å². The average Bonchev–Trinajstić information content (AvgIpc) is 3.04. The predicted molar refractivity (Wildman–Crippen MR) is 99.3 cm³/mol. The van der Waals surface area contributed by atoms with E-state index in [0.717, 1.165) is 48.9 Å². The average molecular weight is 355 g/mol. The number of anilines is 1. The molecule has 128 valence electrons. The Morgan fingerprint density at radius 1 is 1.12 bits per heavy atom. The molecular weight excluding hydrogens is 336 g/mol. The van der Waals surface area contributed by atoms with Crippen LogP contribution in [0.25, 0.3) is 10.2 Å². The summed E-state index contributed by atoms with van der Waals surface area (Å²) >= 11 is 1.76. The zero-order valence-electron chi connectivity index (χ0n) is 13.7. The fourth-order valence-corrected chi connectivity index (χ4v) is 4.37. The molecule has 2 aromatic carbocycles. The van der Waals surface area contributed by atoms with Gasteiger partial charge in [0.25, 0.3) is 5.69 Å². The monoisotopic (exact) mass is 355 g/mol. The van der Waals surface area contributed by atoms with Gasteiger partial charge >= 0.3 is 0 Å². The molecule has 6 nitrogen and oxygen atoms in total. The molecule has 1 aliphatic rings. The van der Waals surface area contributed by atoms with Crippen LogP contribution in [0, 0.1) is 10.1 Å². The maximum atomic E-state index is 11.2. The van der Waals surface area contributed by atoms with Crippen molar-refractivity contribution < 1.29 is 9.82 Å². The third kappa shape index (κ3) is 3.33. The topological polar surface area (TPSA) is 63.7 Å². The van der Waals surface area contributed by atoms with Crippen molar-refractivity contribution in [2.75, 3.05) is 31.1 Å². The van der Waals surface area contributed by atoms with Crippen molar-refractivity contribution in [3.8, 4) is 0 Å². The van der Waals surface area contributed by atoms with Crippen molar-refractivity contribution in [2.24, 2.45) is 0 Å². The highest BCUT2D eigenvalue weighted by atomic mass is 32.1. The SMILES string of the molecule is O=[N+]([O-])c1ccccc1N1CC[NH+](Cc2nc3ccccc3s2)CC1. The summed E-state index contributed by atoms with van der Waals surface area (Å²) in [7, 11) is 0. The first-order chi connectivity index (χ1) is 12.2. The summed E-state index contributed by atoms with van der Waals surface area (Å²) in [5.74, 6) is 0. The number of benzene rings is 2. The zero-order valence-corrected chi connectivity index (χ0v) is 14.5. The fourth-order valence-electron chi connectivity index (χ4n) is 3.34. The molecule has 1 aromatic heterocycles. The van der Waals surface area contributed by atoms with E-state index in [-0.39, 0.29) is 10.6 Å². The molecule has 0 radical (unpaired) electrons. The lowest BCUT2D eigenvalue weighted by molar-refractivity contribution is -0.914. The Labute approximate surface area is 149 Å². The molecule has 1 N–H and O–H groups in total. The maximum Gasteiger partial charge on any atom is 0.292 e. The number of hydrogen-bond acceptors (Lipinski definition) is 5. The van der Waals surface area contributed by atoms with E-state index in [1.165, 1.54) is 9.60 Å². The van der Waals surface area contributed by atoms with Crippen molar-refractivity contribution in [3.05, 3.63) is 63.7 Å². The summed E-state index contributed by atoms with van der Waals surface area (Å²) in [6.45, 7) is 4.49. The number of thiazole rings is 1. The minimum absolute atomic E-state index is 0.192. The van der Waals surface area contributed by atoms with Crippen molar-refractivity contribution in [3.63, 3.8) is 0 Å². The number of fused-ring (bicyclic) bond motifs is 1. The number of aromatic nitrogens is 1. The van der Waals surface area contributed by atoms with Crippen molar-refractivity contribution >= 4 is 32.9 Å². The van der Waals surface area contributed by atoms with E-state index >= 15 is 0 Å². The van der Waals surface area contributed by atoms with Gasteiger partial charge < -0.3 is 9.80 Å². The first kappa shape index (κ1) is 16.0. The van der Waals surface area contributed by atoms with Gasteiger partial charge in [-0.15, -0.1) is 11.3 Å². The Bertz CT molecular complexity index is 870. The molecule has 1 saturated heterocycles. The Kier molecular flexibility index (Phi) is 4.33. The molecule has 1 aliphatic heterocycles. The highest BCUT2D eigenvalue weighted by Gasteiger charge is 2.25. The number of piperazine rings is 1. The van der Waals surface area contributed by atoms with Gasteiger partial charge in [-0.2, -0.15) is 0 Å². The fraction of sp³-hybridized carbons (Fsp3) is 0.278. The van der Waals surface area contributed by atoms with E-state index < -0.39 is 0 Å². The van der Waals surface area contributed by atoms with Crippen LogP contribution < -0.4 is 9.80 Å². The van der Waals surface area contributed by atoms with Crippen LogP contribution in [-0.2, 0) is 6.54 Å². The maximum absolute atomic E-state index is 11.2. The van der Waals surface area contributed by atoms with Gasteiger partial charge in [-0.3, -0.25) is 10.1 Å². The van der Waals surface area contributed by atoms with Crippen molar-refractivity contribution in [2.45, 2.75) is 6.54 Å². The number of hydrogen-bond donors (Lipinski definition) is 1. The lowest BCUT2D eigenvalue weighted by Gasteiger charge is -2.32. The summed E-state index contributed by atoms with van der Waals surface area (Å²) in [5, 5.41) is 12.4. The number of nitrogens with zero attached hydrogens (tertiary/aromatic N) is 3. The molecule has 3 aromatic rings. The highest BCUT2D eigenvalue weighted by Crippen LogP contribution is 2.27. The number of nitro groups is 1. The second-order valence-electron chi connectivity index (χ2n) is 6.23. The lowest BCUT2D eigenvalue weighted by atomic mass is 10.2. The number of nitrogens with one attached hydrogen (secondary N) is 1. The van der Waals surface area contributed by atoms with Gasteiger partial charge in [-0.05, 0) is 18.2 Å². The Balaban J connectivity index is 1.42. The molecule has 25 heavy (non-hydrogen) atoms. The third-order valence-electron chi connectivity index (χ3n) is 4.63. The van der Waals surface area contributed by atoms with Gasteiger partial charge in [0.1, 0.15) is 17.2 Å². The van der Waals surface area contributed by atoms with Gasteiger partial charge in [-0.1, -0.05) is 24.3 Å². The van der Waals surface area contributed by atoms with Crippen LogP contribution >= 0.6 is 11.3 Å². The number of rotatable bonds is 4. The summed E-state index contributed by atoms with van der Waals surface area (Å²) < 4.78 is 1.23. The molecule has 7 heteroatoms. The van der Waals surface area contributed by atoms with Crippen molar-refractivity contribution in [1.29, 1.82) is 0 Å². The predicted octanol–water partition coefficient (Wildman–Crippen LogP) is 2.11. The van der Waals surface area contributed by atoms with Crippen LogP contribution in [0.4, 0.5) is 11.4 Å². The molecule has 4 rings (SSSR count). The molecule has 0 bridgehead atoms. The number of nitro benzene ring substituents is 1. The smallest absolute Gasteiger partial charge is 0.292 e. The number of quaternary nitrogens is 1. The zero-order chi connectivity index (χ0) is 17.2. The van der Waals surface area contributed by atoms with Gasteiger partial charge in [0.15, 0.2) is 0 Å². The highest BCUT2D eigenvalue weighted by molar-refractivity contribution is 7.18. The minimum atomic E-state index is -0.296.